The molecule has 0 N–H and O–H groups in total. The zero-order valence-electron chi connectivity index (χ0n) is 15.8. The normalized spacial score (nSPS) is 29.4. The lowest BCUT2D eigenvalue weighted by atomic mass is 9.85. The Morgan fingerprint density at radius 1 is 0.857 bits per heavy atom. The van der Waals surface area contributed by atoms with Crippen LogP contribution in [0.3, 0.4) is 0 Å². The summed E-state index contributed by atoms with van der Waals surface area (Å²) < 4.78 is 5.39. The standard InChI is InChI=1S/C24H21NO3/c1-14(15-8-4-3-5-9-15)20-16-12-13-17(20)22-21(16)23(26)25(24(22)27)18-10-6-7-11-19(18)28-2/h3-13,16-17,21-22H,1-2H3/t16-,17-,21-,22+/m0/s1. The monoisotopic (exact) mass is 371 g/mol. The van der Waals surface area contributed by atoms with Gasteiger partial charge in [-0.1, -0.05) is 60.2 Å². The average molecular weight is 371 g/mol. The maximum absolute atomic E-state index is 13.4. The van der Waals surface area contributed by atoms with Crippen LogP contribution >= 0.6 is 0 Å². The summed E-state index contributed by atoms with van der Waals surface area (Å²) in [5, 5.41) is 0. The molecule has 0 aromatic heterocycles. The molecule has 2 aliphatic carbocycles. The fourth-order valence-corrected chi connectivity index (χ4v) is 5.17. The minimum atomic E-state index is -0.318. The van der Waals surface area contributed by atoms with Gasteiger partial charge in [-0.3, -0.25) is 9.59 Å². The molecule has 4 nitrogen and oxygen atoms in total. The second kappa shape index (κ2) is 6.20. The van der Waals surface area contributed by atoms with Crippen LogP contribution in [0.5, 0.6) is 5.75 Å². The number of fused-ring (bicyclic) bond motifs is 5. The molecule has 28 heavy (non-hydrogen) atoms. The van der Waals surface area contributed by atoms with Crippen molar-refractivity contribution in [1.82, 2.24) is 0 Å². The minimum absolute atomic E-state index is 0.00800. The molecule has 1 saturated heterocycles. The van der Waals surface area contributed by atoms with Gasteiger partial charge in [0.05, 0.1) is 24.6 Å². The highest BCUT2D eigenvalue weighted by Crippen LogP contribution is 2.58. The Hall–Kier alpha value is -3.14. The van der Waals surface area contributed by atoms with E-state index in [4.69, 9.17) is 4.74 Å². The summed E-state index contributed by atoms with van der Waals surface area (Å²) in [6.07, 6.45) is 4.23. The quantitative estimate of drug-likeness (QED) is 0.603. The van der Waals surface area contributed by atoms with Gasteiger partial charge in [-0.2, -0.15) is 0 Å². The summed E-state index contributed by atoms with van der Waals surface area (Å²) in [5.74, 6) is -0.343. The topological polar surface area (TPSA) is 46.6 Å². The van der Waals surface area contributed by atoms with Crippen molar-refractivity contribution >= 4 is 23.1 Å². The molecule has 1 saturated carbocycles. The minimum Gasteiger partial charge on any atom is -0.495 e. The third kappa shape index (κ3) is 2.18. The van der Waals surface area contributed by atoms with Gasteiger partial charge < -0.3 is 4.74 Å². The lowest BCUT2D eigenvalue weighted by Crippen LogP contribution is -2.33. The van der Waals surface area contributed by atoms with E-state index in [1.54, 1.807) is 19.2 Å². The predicted molar refractivity (Wildman–Crippen MR) is 108 cm³/mol. The number of methoxy groups -OCH3 is 1. The largest absolute Gasteiger partial charge is 0.495 e. The number of hydrogen-bond donors (Lipinski definition) is 0. The van der Waals surface area contributed by atoms with Gasteiger partial charge in [0.2, 0.25) is 11.8 Å². The molecule has 1 aliphatic heterocycles. The smallest absolute Gasteiger partial charge is 0.238 e. The van der Waals surface area contributed by atoms with Crippen LogP contribution < -0.4 is 9.64 Å². The van der Waals surface area contributed by atoms with E-state index in [2.05, 4.69) is 31.2 Å². The van der Waals surface area contributed by atoms with E-state index in [0.717, 1.165) is 5.56 Å². The molecule has 2 aromatic carbocycles. The highest BCUT2D eigenvalue weighted by atomic mass is 16.5. The molecule has 0 spiro atoms. The van der Waals surface area contributed by atoms with Crippen molar-refractivity contribution in [1.29, 1.82) is 0 Å². The van der Waals surface area contributed by atoms with Gasteiger partial charge in [0.25, 0.3) is 0 Å². The maximum Gasteiger partial charge on any atom is 0.238 e. The lowest BCUT2D eigenvalue weighted by molar-refractivity contribution is -0.123. The van der Waals surface area contributed by atoms with Crippen molar-refractivity contribution in [3.05, 3.63) is 77.9 Å². The molecule has 2 amide bonds. The van der Waals surface area contributed by atoms with Crippen LogP contribution in [0.1, 0.15) is 12.5 Å². The first-order valence-electron chi connectivity index (χ1n) is 9.58. The number of benzene rings is 2. The number of para-hydroxylation sites is 2. The van der Waals surface area contributed by atoms with E-state index in [-0.39, 0.29) is 35.5 Å². The van der Waals surface area contributed by atoms with E-state index < -0.39 is 0 Å². The van der Waals surface area contributed by atoms with E-state index >= 15 is 0 Å². The SMILES string of the molecule is COc1ccccc1N1C(=O)[C@@H]2[C@H](C1=O)[C@H]1C=C[C@H]2C1=C(C)c1ccccc1. The lowest BCUT2D eigenvalue weighted by Gasteiger charge is -2.21. The van der Waals surface area contributed by atoms with Gasteiger partial charge in [-0.15, -0.1) is 0 Å². The number of nitrogens with zero attached hydrogens (tertiary/aromatic N) is 1. The molecule has 4 heteroatoms. The van der Waals surface area contributed by atoms with Gasteiger partial charge >= 0.3 is 0 Å². The van der Waals surface area contributed by atoms with Crippen LogP contribution in [0.25, 0.3) is 5.57 Å². The second-order valence-corrected chi connectivity index (χ2v) is 7.62. The van der Waals surface area contributed by atoms with Crippen molar-refractivity contribution in [2.24, 2.45) is 23.7 Å². The molecule has 5 rings (SSSR count). The van der Waals surface area contributed by atoms with E-state index in [9.17, 15) is 9.59 Å². The van der Waals surface area contributed by atoms with Gasteiger partial charge in [-0.25, -0.2) is 4.90 Å². The number of imide groups is 1. The molecular weight excluding hydrogens is 350 g/mol. The highest BCUT2D eigenvalue weighted by molar-refractivity contribution is 6.24. The van der Waals surface area contributed by atoms with Crippen molar-refractivity contribution in [3.63, 3.8) is 0 Å². The fourth-order valence-electron chi connectivity index (χ4n) is 5.17. The molecule has 0 radical (unpaired) electrons. The summed E-state index contributed by atoms with van der Waals surface area (Å²) in [5.41, 5.74) is 4.10. The van der Waals surface area contributed by atoms with E-state index in [1.165, 1.54) is 16.0 Å². The number of rotatable bonds is 3. The van der Waals surface area contributed by atoms with Crippen LogP contribution in [0.4, 0.5) is 5.69 Å². The number of allylic oxidation sites excluding steroid dienone is 4. The number of carbonyl (C=O) groups is 2. The van der Waals surface area contributed by atoms with Gasteiger partial charge in [-0.05, 0) is 30.2 Å². The molecule has 2 bridgehead atoms. The van der Waals surface area contributed by atoms with E-state index in [0.29, 0.717) is 11.4 Å². The van der Waals surface area contributed by atoms with Gasteiger partial charge in [0, 0.05) is 11.8 Å². The summed E-state index contributed by atoms with van der Waals surface area (Å²) in [6, 6.07) is 17.4. The number of carbonyl (C=O) groups excluding carboxylic acids is 2. The third-order valence-corrected chi connectivity index (χ3v) is 6.38. The summed E-state index contributed by atoms with van der Waals surface area (Å²) in [4.78, 5) is 28.1. The van der Waals surface area contributed by atoms with Crippen LogP contribution in [0.2, 0.25) is 0 Å². The zero-order chi connectivity index (χ0) is 19.4. The Morgan fingerprint density at radius 3 is 2.04 bits per heavy atom. The summed E-state index contributed by atoms with van der Waals surface area (Å²) >= 11 is 0. The van der Waals surface area contributed by atoms with Crippen molar-refractivity contribution in [2.45, 2.75) is 6.92 Å². The maximum atomic E-state index is 13.4. The second-order valence-electron chi connectivity index (χ2n) is 7.62. The molecular formula is C24H21NO3. The Balaban J connectivity index is 1.57. The number of ether oxygens (including phenoxy) is 1. The molecule has 2 fully saturated rings. The Bertz CT molecular complexity index is 1000. The summed E-state index contributed by atoms with van der Waals surface area (Å²) in [7, 11) is 1.56. The summed E-state index contributed by atoms with van der Waals surface area (Å²) in [6.45, 7) is 2.10. The Kier molecular flexibility index (Phi) is 3.76. The van der Waals surface area contributed by atoms with Crippen LogP contribution in [0, 0.1) is 23.7 Å². The van der Waals surface area contributed by atoms with Crippen molar-refractivity contribution in [2.75, 3.05) is 12.0 Å². The molecule has 3 aliphatic rings. The zero-order valence-corrected chi connectivity index (χ0v) is 15.8. The molecule has 2 aromatic rings. The number of anilines is 1. The van der Waals surface area contributed by atoms with Crippen molar-refractivity contribution < 1.29 is 14.3 Å². The predicted octanol–water partition coefficient (Wildman–Crippen LogP) is 4.09. The first kappa shape index (κ1) is 17.0. The Labute approximate surface area is 164 Å². The fraction of sp³-hybridized carbons (Fsp3) is 0.250. The first-order chi connectivity index (χ1) is 13.6. The van der Waals surface area contributed by atoms with Crippen LogP contribution in [-0.2, 0) is 9.59 Å². The van der Waals surface area contributed by atoms with Crippen molar-refractivity contribution in [3.8, 4) is 5.75 Å². The average Bonchev–Trinajstić information content (AvgIpc) is 3.37. The van der Waals surface area contributed by atoms with Gasteiger partial charge in [0.15, 0.2) is 0 Å². The first-order valence-corrected chi connectivity index (χ1v) is 9.58. The molecule has 140 valence electrons. The van der Waals surface area contributed by atoms with Crippen LogP contribution in [0.15, 0.2) is 72.3 Å². The third-order valence-electron chi connectivity index (χ3n) is 6.38. The van der Waals surface area contributed by atoms with Gasteiger partial charge in [0.1, 0.15) is 5.75 Å². The highest BCUT2D eigenvalue weighted by Gasteiger charge is 2.62. The number of hydrogen-bond acceptors (Lipinski definition) is 3. The molecule has 1 heterocycles. The van der Waals surface area contributed by atoms with Crippen LogP contribution in [-0.4, -0.2) is 18.9 Å². The molecule has 0 unspecified atom stereocenters. The number of amides is 2. The van der Waals surface area contributed by atoms with E-state index in [1.807, 2.05) is 30.3 Å². The Morgan fingerprint density at radius 2 is 1.43 bits per heavy atom. The molecule has 4 atom stereocenters.